The molecule has 0 spiro atoms. The molecule has 0 heterocycles. The van der Waals surface area contributed by atoms with Crippen molar-refractivity contribution in [2.75, 3.05) is 27.9 Å². The summed E-state index contributed by atoms with van der Waals surface area (Å²) in [5.41, 5.74) is 5.21. The molecule has 0 bridgehead atoms. The molecule has 0 saturated heterocycles. The Kier molecular flexibility index (Phi) is 5.26. The first-order chi connectivity index (χ1) is 8.63. The van der Waals surface area contributed by atoms with E-state index >= 15 is 0 Å². The molecule has 0 fully saturated rings. The molecule has 0 aliphatic carbocycles. The van der Waals surface area contributed by atoms with Crippen LogP contribution in [0.1, 0.15) is 0 Å². The van der Waals surface area contributed by atoms with Crippen LogP contribution in [-0.2, 0) is 4.79 Å². The molecule has 6 heteroatoms. The lowest BCUT2D eigenvalue weighted by atomic mass is 10.2. The maximum absolute atomic E-state index is 11.1. The summed E-state index contributed by atoms with van der Waals surface area (Å²) in [4.78, 5) is 11.1. The summed E-state index contributed by atoms with van der Waals surface area (Å²) in [6.07, 6.45) is 0. The van der Waals surface area contributed by atoms with Crippen molar-refractivity contribution in [2.45, 2.75) is 6.04 Å². The molecule has 0 aliphatic heterocycles. The van der Waals surface area contributed by atoms with Crippen LogP contribution in [-0.4, -0.2) is 39.8 Å². The number of nitrogens with two attached hydrogens (primary N) is 1. The molecular formula is C12H18N2O4. The third-order valence-corrected chi connectivity index (χ3v) is 2.47. The van der Waals surface area contributed by atoms with E-state index in [9.17, 15) is 4.79 Å². The third kappa shape index (κ3) is 3.27. The molecule has 1 amide bonds. The molecule has 1 aromatic rings. The summed E-state index contributed by atoms with van der Waals surface area (Å²) < 4.78 is 15.9. The third-order valence-electron chi connectivity index (χ3n) is 2.47. The zero-order chi connectivity index (χ0) is 13.5. The van der Waals surface area contributed by atoms with Gasteiger partial charge in [-0.2, -0.15) is 0 Å². The molecular weight excluding hydrogens is 236 g/mol. The molecule has 6 nitrogen and oxygen atoms in total. The number of likely N-dealkylation sites (N-methyl/N-ethyl adjacent to an activating group) is 1. The topological polar surface area (TPSA) is 82.8 Å². The lowest BCUT2D eigenvalue weighted by Gasteiger charge is -2.17. The molecule has 0 radical (unpaired) electrons. The van der Waals surface area contributed by atoms with E-state index in [1.807, 2.05) is 0 Å². The number of ether oxygens (including phenoxy) is 3. The summed E-state index contributed by atoms with van der Waals surface area (Å²) in [6.45, 7) is 0.0998. The van der Waals surface area contributed by atoms with Crippen LogP contribution >= 0.6 is 0 Å². The Morgan fingerprint density at radius 3 is 2.28 bits per heavy atom. The molecule has 3 N–H and O–H groups in total. The first kappa shape index (κ1) is 14.1. The van der Waals surface area contributed by atoms with Gasteiger partial charge in [-0.1, -0.05) is 6.07 Å². The molecule has 18 heavy (non-hydrogen) atoms. The van der Waals surface area contributed by atoms with E-state index in [1.54, 1.807) is 25.2 Å². The minimum atomic E-state index is -0.570. The highest BCUT2D eigenvalue weighted by molar-refractivity contribution is 5.80. The van der Waals surface area contributed by atoms with E-state index in [2.05, 4.69) is 5.32 Å². The minimum Gasteiger partial charge on any atom is -0.493 e. The van der Waals surface area contributed by atoms with Gasteiger partial charge in [0.2, 0.25) is 11.7 Å². The van der Waals surface area contributed by atoms with Crippen molar-refractivity contribution >= 4 is 5.91 Å². The first-order valence-electron chi connectivity index (χ1n) is 5.44. The fourth-order valence-corrected chi connectivity index (χ4v) is 1.43. The summed E-state index contributed by atoms with van der Waals surface area (Å²) in [6, 6.07) is 4.71. The monoisotopic (exact) mass is 254 g/mol. The number of benzene rings is 1. The van der Waals surface area contributed by atoms with E-state index in [0.717, 1.165) is 0 Å². The van der Waals surface area contributed by atoms with Crippen LogP contribution in [0, 0.1) is 0 Å². The average Bonchev–Trinajstić information content (AvgIpc) is 2.38. The Morgan fingerprint density at radius 1 is 1.33 bits per heavy atom. The molecule has 1 rings (SSSR count). The Bertz CT molecular complexity index is 387. The standard InChI is InChI=1S/C12H18N2O4/c1-14-8(12(13)15)7-18-11-9(16-2)5-4-6-10(11)17-3/h4-6,8,14H,7H2,1-3H3,(H2,13,15). The van der Waals surface area contributed by atoms with Gasteiger partial charge in [-0.15, -0.1) is 0 Å². The number of hydrogen-bond acceptors (Lipinski definition) is 5. The maximum atomic E-state index is 11.1. The van der Waals surface area contributed by atoms with Crippen molar-refractivity contribution in [3.8, 4) is 17.2 Å². The summed E-state index contributed by atoms with van der Waals surface area (Å²) in [7, 11) is 4.70. The largest absolute Gasteiger partial charge is 0.493 e. The van der Waals surface area contributed by atoms with Gasteiger partial charge in [0.1, 0.15) is 12.6 Å². The average molecular weight is 254 g/mol. The molecule has 1 unspecified atom stereocenters. The fourth-order valence-electron chi connectivity index (χ4n) is 1.43. The van der Waals surface area contributed by atoms with E-state index < -0.39 is 11.9 Å². The van der Waals surface area contributed by atoms with Crippen molar-refractivity contribution in [1.29, 1.82) is 0 Å². The van der Waals surface area contributed by atoms with Crippen LogP contribution in [0.5, 0.6) is 17.2 Å². The highest BCUT2D eigenvalue weighted by Gasteiger charge is 2.17. The van der Waals surface area contributed by atoms with Crippen molar-refractivity contribution in [2.24, 2.45) is 5.73 Å². The number of para-hydroxylation sites is 1. The van der Waals surface area contributed by atoms with Crippen LogP contribution in [0.3, 0.4) is 0 Å². The van der Waals surface area contributed by atoms with E-state index in [1.165, 1.54) is 14.2 Å². The van der Waals surface area contributed by atoms with Crippen molar-refractivity contribution in [3.63, 3.8) is 0 Å². The fraction of sp³-hybridized carbons (Fsp3) is 0.417. The van der Waals surface area contributed by atoms with Gasteiger partial charge >= 0.3 is 0 Å². The second-order valence-electron chi connectivity index (χ2n) is 3.55. The predicted molar refractivity (Wildman–Crippen MR) is 67.1 cm³/mol. The Balaban J connectivity index is 2.85. The Hall–Kier alpha value is -1.95. The minimum absolute atomic E-state index is 0.0998. The number of methoxy groups -OCH3 is 2. The summed E-state index contributed by atoms with van der Waals surface area (Å²) in [5, 5.41) is 2.77. The number of hydrogen-bond donors (Lipinski definition) is 2. The number of carbonyl (C=O) groups is 1. The number of rotatable bonds is 7. The normalized spacial score (nSPS) is 11.7. The smallest absolute Gasteiger partial charge is 0.238 e. The Morgan fingerprint density at radius 2 is 1.89 bits per heavy atom. The van der Waals surface area contributed by atoms with Crippen molar-refractivity contribution in [1.82, 2.24) is 5.32 Å². The van der Waals surface area contributed by atoms with Gasteiger partial charge in [0.15, 0.2) is 11.5 Å². The predicted octanol–water partition coefficient (Wildman–Crippen LogP) is 0.156. The highest BCUT2D eigenvalue weighted by Crippen LogP contribution is 2.36. The van der Waals surface area contributed by atoms with Gasteiger partial charge in [0.05, 0.1) is 14.2 Å². The molecule has 100 valence electrons. The molecule has 0 aromatic heterocycles. The van der Waals surface area contributed by atoms with Crippen LogP contribution in [0.15, 0.2) is 18.2 Å². The van der Waals surface area contributed by atoms with Gasteiger partial charge in [0, 0.05) is 0 Å². The van der Waals surface area contributed by atoms with Gasteiger partial charge in [-0.05, 0) is 19.2 Å². The van der Waals surface area contributed by atoms with Crippen molar-refractivity contribution < 1.29 is 19.0 Å². The zero-order valence-electron chi connectivity index (χ0n) is 10.7. The highest BCUT2D eigenvalue weighted by atomic mass is 16.5. The SMILES string of the molecule is CNC(COc1c(OC)cccc1OC)C(N)=O. The van der Waals surface area contributed by atoms with Gasteiger partial charge in [-0.25, -0.2) is 0 Å². The maximum Gasteiger partial charge on any atom is 0.238 e. The Labute approximate surface area is 106 Å². The van der Waals surface area contributed by atoms with Crippen LogP contribution in [0.2, 0.25) is 0 Å². The van der Waals surface area contributed by atoms with Gasteiger partial charge in [0.25, 0.3) is 0 Å². The molecule has 1 aromatic carbocycles. The quantitative estimate of drug-likeness (QED) is 0.724. The number of carbonyl (C=O) groups excluding carboxylic acids is 1. The summed E-state index contributed by atoms with van der Waals surface area (Å²) >= 11 is 0. The van der Waals surface area contributed by atoms with E-state index in [4.69, 9.17) is 19.9 Å². The second kappa shape index (κ2) is 6.70. The summed E-state index contributed by atoms with van der Waals surface area (Å²) in [5.74, 6) is 1.04. The van der Waals surface area contributed by atoms with Gasteiger partial charge < -0.3 is 25.3 Å². The zero-order valence-corrected chi connectivity index (χ0v) is 10.7. The number of amides is 1. The van der Waals surface area contributed by atoms with Crippen LogP contribution < -0.4 is 25.3 Å². The van der Waals surface area contributed by atoms with Crippen LogP contribution in [0.25, 0.3) is 0 Å². The lowest BCUT2D eigenvalue weighted by molar-refractivity contribution is -0.120. The van der Waals surface area contributed by atoms with Gasteiger partial charge in [-0.3, -0.25) is 4.79 Å². The first-order valence-corrected chi connectivity index (χ1v) is 5.44. The number of primary amides is 1. The van der Waals surface area contributed by atoms with E-state index in [0.29, 0.717) is 17.2 Å². The lowest BCUT2D eigenvalue weighted by Crippen LogP contribution is -2.43. The van der Waals surface area contributed by atoms with Crippen LogP contribution in [0.4, 0.5) is 0 Å². The molecule has 0 saturated carbocycles. The van der Waals surface area contributed by atoms with E-state index in [-0.39, 0.29) is 6.61 Å². The van der Waals surface area contributed by atoms with Crippen molar-refractivity contribution in [3.05, 3.63) is 18.2 Å². The number of nitrogens with one attached hydrogen (secondary N) is 1. The molecule has 0 aliphatic rings. The second-order valence-corrected chi connectivity index (χ2v) is 3.55. The molecule has 1 atom stereocenters.